The van der Waals surface area contributed by atoms with Gasteiger partial charge in [0.15, 0.2) is 11.5 Å². The van der Waals surface area contributed by atoms with Crippen LogP contribution >= 0.6 is 0 Å². The summed E-state index contributed by atoms with van der Waals surface area (Å²) >= 11 is 0. The zero-order chi connectivity index (χ0) is 20.6. The van der Waals surface area contributed by atoms with Gasteiger partial charge in [-0.1, -0.05) is 30.3 Å². The number of halogens is 3. The maximum absolute atomic E-state index is 13.2. The number of rotatable bonds is 4. The van der Waals surface area contributed by atoms with Gasteiger partial charge in [0.2, 0.25) is 0 Å². The van der Waals surface area contributed by atoms with Gasteiger partial charge < -0.3 is 4.90 Å². The Labute approximate surface area is 166 Å². The molecule has 1 aliphatic heterocycles. The summed E-state index contributed by atoms with van der Waals surface area (Å²) in [5.74, 6) is -0.513. The van der Waals surface area contributed by atoms with Crippen molar-refractivity contribution in [3.63, 3.8) is 0 Å². The molecule has 9 heteroatoms. The number of alkyl halides is 3. The van der Waals surface area contributed by atoms with E-state index in [-0.39, 0.29) is 5.65 Å². The van der Waals surface area contributed by atoms with Crippen LogP contribution in [0.25, 0.3) is 5.65 Å². The van der Waals surface area contributed by atoms with Gasteiger partial charge in [-0.2, -0.15) is 17.7 Å². The zero-order valence-electron chi connectivity index (χ0n) is 16.4. The van der Waals surface area contributed by atoms with Crippen LogP contribution in [0.4, 0.5) is 19.0 Å². The first kappa shape index (κ1) is 19.6. The Morgan fingerprint density at radius 2 is 1.62 bits per heavy atom. The van der Waals surface area contributed by atoms with Crippen LogP contribution in [-0.2, 0) is 12.6 Å². The summed E-state index contributed by atoms with van der Waals surface area (Å²) in [4.78, 5) is 4.44. The van der Waals surface area contributed by atoms with Gasteiger partial charge in [0.25, 0.3) is 5.82 Å². The van der Waals surface area contributed by atoms with Crippen molar-refractivity contribution in [2.75, 3.05) is 37.6 Å². The molecule has 0 saturated carbocycles. The minimum atomic E-state index is -4.60. The average Bonchev–Trinajstić information content (AvgIpc) is 3.15. The van der Waals surface area contributed by atoms with Crippen LogP contribution < -0.4 is 4.90 Å². The SMILES string of the molecule is Cc1c(N2CCN(CCc3ccccc3)CC2)nn2c(C(F)(F)F)nnc2c1C. The molecule has 1 aromatic carbocycles. The molecule has 0 spiro atoms. The lowest BCUT2D eigenvalue weighted by atomic mass is 10.1. The van der Waals surface area contributed by atoms with Crippen LogP contribution in [0.2, 0.25) is 0 Å². The smallest absolute Gasteiger partial charge is 0.352 e. The normalized spacial score (nSPS) is 16.0. The molecule has 0 N–H and O–H groups in total. The fourth-order valence-corrected chi connectivity index (χ4v) is 3.71. The van der Waals surface area contributed by atoms with Gasteiger partial charge in [-0.05, 0) is 25.8 Å². The van der Waals surface area contributed by atoms with Gasteiger partial charge in [0, 0.05) is 43.9 Å². The first-order chi connectivity index (χ1) is 13.8. The summed E-state index contributed by atoms with van der Waals surface area (Å²) in [5, 5.41) is 11.3. The Morgan fingerprint density at radius 3 is 2.28 bits per heavy atom. The fraction of sp³-hybridized carbons (Fsp3) is 0.450. The van der Waals surface area contributed by atoms with Gasteiger partial charge in [0.1, 0.15) is 0 Å². The lowest BCUT2D eigenvalue weighted by molar-refractivity contribution is -0.146. The minimum absolute atomic E-state index is 0.153. The Kier molecular flexibility index (Phi) is 5.16. The van der Waals surface area contributed by atoms with E-state index >= 15 is 0 Å². The molecule has 29 heavy (non-hydrogen) atoms. The number of piperazine rings is 1. The van der Waals surface area contributed by atoms with Crippen molar-refractivity contribution in [2.45, 2.75) is 26.4 Å². The molecule has 2 aromatic heterocycles. The molecule has 0 bridgehead atoms. The molecule has 4 rings (SSSR count). The van der Waals surface area contributed by atoms with E-state index in [0.717, 1.165) is 49.2 Å². The van der Waals surface area contributed by atoms with E-state index < -0.39 is 12.0 Å². The largest absolute Gasteiger partial charge is 0.453 e. The minimum Gasteiger partial charge on any atom is -0.352 e. The Bertz CT molecular complexity index is 991. The van der Waals surface area contributed by atoms with Crippen molar-refractivity contribution in [3.8, 4) is 0 Å². The maximum Gasteiger partial charge on any atom is 0.453 e. The maximum atomic E-state index is 13.2. The molecule has 6 nitrogen and oxygen atoms in total. The van der Waals surface area contributed by atoms with Crippen LogP contribution in [0.1, 0.15) is 22.5 Å². The van der Waals surface area contributed by atoms with Crippen LogP contribution in [-0.4, -0.2) is 57.4 Å². The first-order valence-electron chi connectivity index (χ1n) is 9.65. The zero-order valence-corrected chi connectivity index (χ0v) is 16.4. The predicted octanol–water partition coefficient (Wildman–Crippen LogP) is 3.12. The highest BCUT2D eigenvalue weighted by Gasteiger charge is 2.38. The van der Waals surface area contributed by atoms with E-state index in [1.54, 1.807) is 6.92 Å². The van der Waals surface area contributed by atoms with Crippen molar-refractivity contribution < 1.29 is 13.2 Å². The third-order valence-corrected chi connectivity index (χ3v) is 5.55. The van der Waals surface area contributed by atoms with Gasteiger partial charge in [-0.15, -0.1) is 15.3 Å². The van der Waals surface area contributed by atoms with Gasteiger partial charge >= 0.3 is 6.18 Å². The number of aromatic nitrogens is 4. The molecule has 1 fully saturated rings. The van der Waals surface area contributed by atoms with Crippen molar-refractivity contribution in [2.24, 2.45) is 0 Å². The van der Waals surface area contributed by atoms with Crippen LogP contribution in [0.3, 0.4) is 0 Å². The highest BCUT2D eigenvalue weighted by molar-refractivity contribution is 5.59. The molecule has 0 radical (unpaired) electrons. The average molecular weight is 404 g/mol. The quantitative estimate of drug-likeness (QED) is 0.669. The topological polar surface area (TPSA) is 49.6 Å². The Morgan fingerprint density at radius 1 is 0.931 bits per heavy atom. The lowest BCUT2D eigenvalue weighted by Crippen LogP contribution is -2.47. The third-order valence-electron chi connectivity index (χ3n) is 5.55. The third kappa shape index (κ3) is 3.91. The second kappa shape index (κ2) is 7.62. The Balaban J connectivity index is 1.50. The second-order valence-electron chi connectivity index (χ2n) is 7.39. The van der Waals surface area contributed by atoms with E-state index in [1.807, 2.05) is 25.1 Å². The number of nitrogens with zero attached hydrogens (tertiary/aromatic N) is 6. The summed E-state index contributed by atoms with van der Waals surface area (Å²) < 4.78 is 40.6. The van der Waals surface area contributed by atoms with Gasteiger partial charge in [-0.25, -0.2) is 0 Å². The van der Waals surface area contributed by atoms with Crippen LogP contribution in [0.5, 0.6) is 0 Å². The summed E-state index contributed by atoms with van der Waals surface area (Å²) in [6.45, 7) is 7.74. The molecular formula is C20H23F3N6. The molecule has 0 aliphatic carbocycles. The molecule has 0 amide bonds. The molecule has 3 heterocycles. The highest BCUT2D eigenvalue weighted by atomic mass is 19.4. The summed E-state index contributed by atoms with van der Waals surface area (Å²) in [7, 11) is 0. The van der Waals surface area contributed by atoms with Crippen molar-refractivity contribution in [3.05, 3.63) is 52.8 Å². The van der Waals surface area contributed by atoms with Crippen LogP contribution in [0.15, 0.2) is 30.3 Å². The standard InChI is InChI=1S/C20H23F3N6/c1-14-15(2)18(26-29-17(14)24-25-19(29)20(21,22)23)28-12-10-27(11-13-28)9-8-16-6-4-3-5-7-16/h3-7H,8-13H2,1-2H3. The molecular weight excluding hydrogens is 381 g/mol. The predicted molar refractivity (Wildman–Crippen MR) is 104 cm³/mol. The van der Waals surface area contributed by atoms with E-state index in [1.165, 1.54) is 5.56 Å². The first-order valence-corrected chi connectivity index (χ1v) is 9.65. The van der Waals surface area contributed by atoms with Gasteiger partial charge in [0.05, 0.1) is 0 Å². The number of benzene rings is 1. The number of hydrogen-bond donors (Lipinski definition) is 0. The van der Waals surface area contributed by atoms with E-state index in [4.69, 9.17) is 0 Å². The number of hydrogen-bond acceptors (Lipinski definition) is 5. The molecule has 3 aromatic rings. The van der Waals surface area contributed by atoms with Gasteiger partial charge in [-0.3, -0.25) is 4.90 Å². The van der Waals surface area contributed by atoms with Crippen molar-refractivity contribution >= 4 is 11.5 Å². The monoisotopic (exact) mass is 404 g/mol. The molecule has 154 valence electrons. The van der Waals surface area contributed by atoms with E-state index in [2.05, 4.69) is 37.2 Å². The fourth-order valence-electron chi connectivity index (χ4n) is 3.71. The lowest BCUT2D eigenvalue weighted by Gasteiger charge is -2.36. The molecule has 0 unspecified atom stereocenters. The van der Waals surface area contributed by atoms with Crippen molar-refractivity contribution in [1.29, 1.82) is 0 Å². The summed E-state index contributed by atoms with van der Waals surface area (Å²) in [5.41, 5.74) is 2.97. The van der Waals surface area contributed by atoms with Crippen molar-refractivity contribution in [1.82, 2.24) is 24.7 Å². The Hall–Kier alpha value is -2.68. The van der Waals surface area contributed by atoms with Crippen LogP contribution in [0, 0.1) is 13.8 Å². The summed E-state index contributed by atoms with van der Waals surface area (Å²) in [6.07, 6.45) is -3.61. The number of fused-ring (bicyclic) bond motifs is 1. The molecule has 1 aliphatic rings. The number of aryl methyl sites for hydroxylation is 1. The number of anilines is 1. The molecule has 1 saturated heterocycles. The highest BCUT2D eigenvalue weighted by Crippen LogP contribution is 2.30. The van der Waals surface area contributed by atoms with E-state index in [9.17, 15) is 13.2 Å². The molecule has 0 atom stereocenters. The second-order valence-corrected chi connectivity index (χ2v) is 7.39. The van der Waals surface area contributed by atoms with E-state index in [0.29, 0.717) is 11.4 Å². The summed E-state index contributed by atoms with van der Waals surface area (Å²) in [6, 6.07) is 10.3.